The monoisotopic (exact) mass is 1260 g/mol. The number of aliphatic imine (C=N–C) groups is 1. The van der Waals surface area contributed by atoms with Crippen molar-refractivity contribution in [2.24, 2.45) is 45.9 Å². The van der Waals surface area contributed by atoms with E-state index in [2.05, 4.69) is 63.5 Å². The Balaban J connectivity index is 2.38. The van der Waals surface area contributed by atoms with E-state index in [0.29, 0.717) is 12.8 Å². The lowest BCUT2D eigenvalue weighted by atomic mass is 9.94. The number of hydrogen-bond acceptors (Lipinski definition) is 20. The summed E-state index contributed by atoms with van der Waals surface area (Å²) in [5.74, 6) is -14.2. The number of ether oxygens (including phenoxy) is 1. The summed E-state index contributed by atoms with van der Waals surface area (Å²) in [6.45, 7) is 13.9. The number of nitrogens with two attached hydrogens (primary N) is 3. The molecule has 1 heterocycles. The van der Waals surface area contributed by atoms with Gasteiger partial charge in [0.2, 0.25) is 59.1 Å². The highest BCUT2D eigenvalue weighted by Gasteiger charge is 2.40. The van der Waals surface area contributed by atoms with Gasteiger partial charge in [0, 0.05) is 6.42 Å². The first-order valence-electron chi connectivity index (χ1n) is 30.1. The molecule has 0 radical (unpaired) electrons. The predicted molar refractivity (Wildman–Crippen MR) is 326 cm³/mol. The van der Waals surface area contributed by atoms with E-state index < -0.39 is 193 Å². The summed E-state index contributed by atoms with van der Waals surface area (Å²) in [6, 6.07) is -7.17. The molecule has 0 bridgehead atoms. The van der Waals surface area contributed by atoms with Gasteiger partial charge in [-0.15, -0.1) is 0 Å². The van der Waals surface area contributed by atoms with Crippen LogP contribution in [0, 0.1) is 23.7 Å². The molecule has 0 aliphatic carbocycles. The number of nitrogens with one attached hydrogen (secondary N) is 11. The Kier molecular flexibility index (Phi) is 33.2. The van der Waals surface area contributed by atoms with E-state index in [1.807, 2.05) is 30.3 Å². The summed E-state index contributed by atoms with van der Waals surface area (Å²) < 4.78 is 5.66. The van der Waals surface area contributed by atoms with E-state index in [0.717, 1.165) is 12.5 Å². The third-order valence-electron chi connectivity index (χ3n) is 15.8. The van der Waals surface area contributed by atoms with Gasteiger partial charge in [0.05, 0.1) is 37.9 Å². The molecule has 0 aromatic heterocycles. The molecule has 1 aliphatic heterocycles. The van der Waals surface area contributed by atoms with E-state index >= 15 is 0 Å². The van der Waals surface area contributed by atoms with Crippen molar-refractivity contribution in [3.8, 4) is 0 Å². The van der Waals surface area contributed by atoms with Gasteiger partial charge in [-0.05, 0) is 69.4 Å². The van der Waals surface area contributed by atoms with E-state index in [9.17, 15) is 72.9 Å². The number of amides is 10. The smallest absolute Gasteiger partial charge is 0.329 e. The second-order valence-electron chi connectivity index (χ2n) is 22.7. The van der Waals surface area contributed by atoms with Crippen LogP contribution in [-0.2, 0) is 68.7 Å². The summed E-state index contributed by atoms with van der Waals surface area (Å²) in [5.41, 5.74) is 18.1. The molecule has 0 unspecified atom stereocenters. The molecular weight excluding hydrogens is 1160 g/mol. The van der Waals surface area contributed by atoms with Crippen LogP contribution in [0.25, 0.3) is 0 Å². The van der Waals surface area contributed by atoms with Crippen LogP contribution in [0.5, 0.6) is 0 Å². The number of esters is 1. The molecule has 20 N–H and O–H groups in total. The Labute approximate surface area is 519 Å². The van der Waals surface area contributed by atoms with Crippen LogP contribution in [-0.4, -0.2) is 198 Å². The molecule has 2 rings (SSSR count). The first-order valence-corrected chi connectivity index (χ1v) is 30.1. The van der Waals surface area contributed by atoms with Crippen molar-refractivity contribution in [1.82, 2.24) is 58.5 Å². The molecule has 31 heteroatoms. The molecule has 500 valence electrons. The van der Waals surface area contributed by atoms with Crippen molar-refractivity contribution in [2.75, 3.05) is 26.8 Å². The minimum absolute atomic E-state index is 0.0950. The maximum atomic E-state index is 14.4. The van der Waals surface area contributed by atoms with Crippen LogP contribution in [0.2, 0.25) is 0 Å². The number of aliphatic carboxylic acids is 1. The number of hydrogen-bond donors (Lipinski definition) is 17. The number of aliphatic hydroxyl groups is 2. The van der Waals surface area contributed by atoms with Crippen molar-refractivity contribution in [3.05, 3.63) is 35.9 Å². The highest BCUT2D eigenvalue weighted by Crippen LogP contribution is 2.17. The van der Waals surface area contributed by atoms with Crippen LogP contribution < -0.4 is 75.7 Å². The number of nitrogens with zero attached hydrogens (tertiary/aromatic N) is 1. The molecular formula is C58H97N15O16. The molecule has 0 saturated carbocycles. The summed E-state index contributed by atoms with van der Waals surface area (Å²) >= 11 is 0. The minimum atomic E-state index is -1.90. The Morgan fingerprint density at radius 3 is 1.42 bits per heavy atom. The normalized spacial score (nSPS) is 18.2. The van der Waals surface area contributed by atoms with Crippen LogP contribution in [0.3, 0.4) is 0 Å². The van der Waals surface area contributed by atoms with Gasteiger partial charge in [-0.2, -0.15) is 0 Å². The van der Waals surface area contributed by atoms with Crippen LogP contribution in [0.15, 0.2) is 35.3 Å². The maximum absolute atomic E-state index is 14.4. The van der Waals surface area contributed by atoms with Gasteiger partial charge in [-0.1, -0.05) is 111 Å². The Morgan fingerprint density at radius 2 is 0.978 bits per heavy atom. The predicted octanol–water partition coefficient (Wildman–Crippen LogP) is -4.35. The van der Waals surface area contributed by atoms with Crippen LogP contribution in [0.4, 0.5) is 0 Å². The van der Waals surface area contributed by atoms with Gasteiger partial charge >= 0.3 is 11.9 Å². The number of carbonyl (C=O) groups is 12. The standard InChI is InChI=1S/C58H97N15O16/c1-12-28(5)42(70-49(79)38(62-11)23-34-19-17-16-18-20-34)52(82)67-39(26-74)50(80)66-37(21-22-41(60)76)48(78)69-44(30(7)14-3)54(84)71-43(29(6)13-2)53(83)68-40(27-75)51(81)73-46(55(85)64-32(9)56(86)87)33(10)89-57(88)45(31(8)15-4)72-47(77)36(59)24-35-25-63-58(61)65-35/h16-20,28-33,35-40,42-46,62,74-75H,12-15,21-27,59H2,1-11H3,(H2,60,76)(H,64,85)(H,66,80)(H,67,82)(H,68,83)(H,69,78)(H,70,79)(H,71,84)(H,72,77)(H,73,81)(H,86,87)(H3,61,63,65)/t28-,29-,30-,31-,32-,33-,35-,36-,37+,38+,39-,40-,42-,43-,44+,45-,46+/m0/s1. The van der Waals surface area contributed by atoms with Crippen molar-refractivity contribution < 1.29 is 77.6 Å². The number of primary amides is 1. The lowest BCUT2D eigenvalue weighted by Crippen LogP contribution is -2.63. The molecule has 0 fully saturated rings. The highest BCUT2D eigenvalue weighted by molar-refractivity contribution is 5.99. The topological polar surface area (TPSA) is 498 Å². The number of rotatable bonds is 40. The van der Waals surface area contributed by atoms with Gasteiger partial charge in [-0.3, -0.25) is 57.7 Å². The van der Waals surface area contributed by atoms with Crippen molar-refractivity contribution in [2.45, 2.75) is 199 Å². The van der Waals surface area contributed by atoms with Crippen molar-refractivity contribution in [3.63, 3.8) is 0 Å². The molecule has 0 saturated heterocycles. The van der Waals surface area contributed by atoms with Gasteiger partial charge in [-0.25, -0.2) is 4.79 Å². The number of benzene rings is 1. The summed E-state index contributed by atoms with van der Waals surface area (Å²) in [5, 5.41) is 58.6. The summed E-state index contributed by atoms with van der Waals surface area (Å²) in [4.78, 5) is 167. The molecule has 89 heavy (non-hydrogen) atoms. The summed E-state index contributed by atoms with van der Waals surface area (Å²) in [7, 11) is 1.59. The zero-order valence-corrected chi connectivity index (χ0v) is 52.8. The maximum Gasteiger partial charge on any atom is 0.329 e. The van der Waals surface area contributed by atoms with E-state index in [-0.39, 0.29) is 44.2 Å². The van der Waals surface area contributed by atoms with E-state index in [1.165, 1.54) is 6.92 Å². The van der Waals surface area contributed by atoms with E-state index in [4.69, 9.17) is 21.9 Å². The van der Waals surface area contributed by atoms with E-state index in [1.54, 1.807) is 62.4 Å². The second-order valence-corrected chi connectivity index (χ2v) is 22.7. The van der Waals surface area contributed by atoms with Crippen LogP contribution >= 0.6 is 0 Å². The molecule has 17 atom stereocenters. The zero-order chi connectivity index (χ0) is 67.4. The average Bonchev–Trinajstić information content (AvgIpc) is 4.10. The number of carboxylic acid groups (broad SMARTS) is 1. The van der Waals surface area contributed by atoms with Gasteiger partial charge in [0.15, 0.2) is 5.96 Å². The highest BCUT2D eigenvalue weighted by atomic mass is 16.5. The number of likely N-dealkylation sites (N-methyl/N-ethyl adjacent to an activating group) is 1. The lowest BCUT2D eigenvalue weighted by molar-refractivity contribution is -0.158. The molecule has 1 aromatic carbocycles. The average molecular weight is 1260 g/mol. The van der Waals surface area contributed by atoms with Crippen LogP contribution in [0.1, 0.15) is 120 Å². The fraction of sp³-hybridized carbons (Fsp3) is 0.672. The number of aliphatic hydroxyl groups excluding tert-OH is 2. The fourth-order valence-electron chi connectivity index (χ4n) is 9.10. The third-order valence-corrected chi connectivity index (χ3v) is 15.8. The number of guanidine groups is 1. The molecule has 10 amide bonds. The molecule has 31 nitrogen and oxygen atoms in total. The fourth-order valence-corrected chi connectivity index (χ4v) is 9.10. The first-order chi connectivity index (χ1) is 41.9. The lowest BCUT2D eigenvalue weighted by Gasteiger charge is -2.31. The SMILES string of the molecule is CC[C@H](C)[C@H](NC(=O)[C@@H](Cc1ccccc1)NC)C(=O)N[C@@H](CO)C(=O)N[C@H](CCC(N)=O)C(=O)N[C@@H](C(=O)N[C@H](C(=O)N[C@@H](CO)C(=O)N[C@@H](C(=O)N[C@@H](C)C(=O)O)[C@H](C)OC(=O)[C@@H](NC(=O)[C@@H](N)C[C@H]1CN=C(N)N1)[C@@H](C)CC)[C@@H](C)CC)[C@@H](C)CC. The first kappa shape index (κ1) is 77.1. The molecule has 1 aliphatic rings. The number of carbonyl (C=O) groups excluding carboxylic acids is 11. The van der Waals surface area contributed by atoms with Gasteiger partial charge in [0.25, 0.3) is 0 Å². The zero-order valence-electron chi connectivity index (χ0n) is 52.8. The molecule has 0 spiro atoms. The Hall–Kier alpha value is -8.03. The quantitative estimate of drug-likeness (QED) is 0.0276. The third kappa shape index (κ3) is 24.8. The second kappa shape index (κ2) is 38.4. The van der Waals surface area contributed by atoms with Crippen molar-refractivity contribution in [1.29, 1.82) is 0 Å². The Morgan fingerprint density at radius 1 is 0.573 bits per heavy atom. The minimum Gasteiger partial charge on any atom is -0.480 e. The van der Waals surface area contributed by atoms with Gasteiger partial charge < -0.3 is 95.7 Å². The Bertz CT molecular complexity index is 2600. The largest absolute Gasteiger partial charge is 0.480 e. The molecule has 1 aromatic rings. The van der Waals surface area contributed by atoms with Crippen molar-refractivity contribution >= 4 is 77.0 Å². The number of carboxylic acids is 1. The summed E-state index contributed by atoms with van der Waals surface area (Å²) in [6.07, 6.45) is -0.878. The van der Waals surface area contributed by atoms with Gasteiger partial charge in [0.1, 0.15) is 60.5 Å².